The molecule has 0 spiro atoms. The Bertz CT molecular complexity index is 545. The van der Waals surface area contributed by atoms with E-state index in [1.165, 1.54) is 0 Å². The zero-order valence-corrected chi connectivity index (χ0v) is 9.99. The molecule has 0 amide bonds. The number of benzene rings is 1. The lowest BCUT2D eigenvalue weighted by molar-refractivity contribution is 0.0982. The molecule has 1 aliphatic carbocycles. The molecule has 0 N–H and O–H groups in total. The summed E-state index contributed by atoms with van der Waals surface area (Å²) in [6.07, 6.45) is 3.35. The Morgan fingerprint density at radius 3 is 2.78 bits per heavy atom. The number of nitrogens with zero attached hydrogens (tertiary/aromatic N) is 4. The normalized spacial score (nSPS) is 14.7. The van der Waals surface area contributed by atoms with E-state index in [4.69, 9.17) is 0 Å². The van der Waals surface area contributed by atoms with Crippen LogP contribution in [0.25, 0.3) is 0 Å². The molecule has 3 rings (SSSR count). The molecule has 1 fully saturated rings. The Morgan fingerprint density at radius 2 is 2.06 bits per heavy atom. The van der Waals surface area contributed by atoms with Crippen LogP contribution < -0.4 is 0 Å². The number of rotatable bonds is 5. The summed E-state index contributed by atoms with van der Waals surface area (Å²) in [6.45, 7) is 0. The van der Waals surface area contributed by atoms with E-state index >= 15 is 0 Å². The molecule has 5 nitrogen and oxygen atoms in total. The van der Waals surface area contributed by atoms with Gasteiger partial charge in [-0.3, -0.25) is 4.79 Å². The summed E-state index contributed by atoms with van der Waals surface area (Å²) >= 11 is 0. The average molecular weight is 242 g/mol. The lowest BCUT2D eigenvalue weighted by atomic mass is 10.1. The minimum absolute atomic E-state index is 0.140. The quantitative estimate of drug-likeness (QED) is 0.750. The smallest absolute Gasteiger partial charge is 0.163 e. The van der Waals surface area contributed by atoms with Crippen LogP contribution in [0.1, 0.15) is 41.5 Å². The first kappa shape index (κ1) is 11.1. The second-order valence-electron chi connectivity index (χ2n) is 4.56. The van der Waals surface area contributed by atoms with Crippen molar-refractivity contribution in [2.75, 3.05) is 0 Å². The average Bonchev–Trinajstić information content (AvgIpc) is 3.16. The standard InChI is InChI=1S/C13H14N4O/c18-12(10-4-2-1-3-5-10)8-9-13-14-15-16-17(13)11-6-7-11/h1-5,11H,6-9H2. The van der Waals surface area contributed by atoms with Gasteiger partial charge in [-0.15, -0.1) is 5.10 Å². The van der Waals surface area contributed by atoms with Gasteiger partial charge in [0.1, 0.15) is 0 Å². The van der Waals surface area contributed by atoms with Gasteiger partial charge in [0, 0.05) is 18.4 Å². The number of aryl methyl sites for hydroxylation is 1. The summed E-state index contributed by atoms with van der Waals surface area (Å²) in [6, 6.07) is 9.80. The predicted octanol–water partition coefficient (Wildman–Crippen LogP) is 1.82. The number of tetrazole rings is 1. The highest BCUT2D eigenvalue weighted by atomic mass is 16.1. The van der Waals surface area contributed by atoms with Crippen LogP contribution in [0.4, 0.5) is 0 Å². The second kappa shape index (κ2) is 4.68. The Balaban J connectivity index is 1.64. The molecule has 1 heterocycles. The third kappa shape index (κ3) is 2.30. The van der Waals surface area contributed by atoms with Crippen molar-refractivity contribution in [1.82, 2.24) is 20.2 Å². The number of ketones is 1. The predicted molar refractivity (Wildman–Crippen MR) is 65.2 cm³/mol. The van der Waals surface area contributed by atoms with E-state index in [-0.39, 0.29) is 5.78 Å². The third-order valence-corrected chi connectivity index (χ3v) is 3.13. The van der Waals surface area contributed by atoms with Gasteiger partial charge >= 0.3 is 0 Å². The summed E-state index contributed by atoms with van der Waals surface area (Å²) in [5.41, 5.74) is 0.753. The molecular weight excluding hydrogens is 228 g/mol. The van der Waals surface area contributed by atoms with E-state index in [1.807, 2.05) is 35.0 Å². The molecule has 18 heavy (non-hydrogen) atoms. The topological polar surface area (TPSA) is 60.7 Å². The molecular formula is C13H14N4O. The molecule has 2 aromatic rings. The highest BCUT2D eigenvalue weighted by Gasteiger charge is 2.27. The first-order chi connectivity index (χ1) is 8.84. The van der Waals surface area contributed by atoms with Gasteiger partial charge in [-0.05, 0) is 23.3 Å². The van der Waals surface area contributed by atoms with Gasteiger partial charge in [-0.2, -0.15) is 0 Å². The van der Waals surface area contributed by atoms with Crippen LogP contribution in [0, 0.1) is 0 Å². The summed E-state index contributed by atoms with van der Waals surface area (Å²) in [5.74, 6) is 0.961. The second-order valence-corrected chi connectivity index (χ2v) is 4.56. The van der Waals surface area contributed by atoms with Crippen LogP contribution in [-0.2, 0) is 6.42 Å². The summed E-state index contributed by atoms with van der Waals surface area (Å²) < 4.78 is 1.86. The first-order valence-electron chi connectivity index (χ1n) is 6.19. The maximum Gasteiger partial charge on any atom is 0.163 e. The van der Waals surface area contributed by atoms with Crippen molar-refractivity contribution in [1.29, 1.82) is 0 Å². The number of hydrogen-bond acceptors (Lipinski definition) is 4. The molecule has 0 bridgehead atoms. The van der Waals surface area contributed by atoms with Crippen LogP contribution in [0.5, 0.6) is 0 Å². The molecule has 0 radical (unpaired) electrons. The van der Waals surface area contributed by atoms with Crippen LogP contribution in [-0.4, -0.2) is 26.0 Å². The molecule has 1 aromatic heterocycles. The summed E-state index contributed by atoms with van der Waals surface area (Å²) in [4.78, 5) is 12.0. The van der Waals surface area contributed by atoms with Gasteiger partial charge in [-0.1, -0.05) is 30.3 Å². The Kier molecular flexibility index (Phi) is 2.88. The van der Waals surface area contributed by atoms with E-state index in [1.54, 1.807) is 0 Å². The zero-order chi connectivity index (χ0) is 12.4. The lowest BCUT2D eigenvalue weighted by Gasteiger charge is -2.02. The molecule has 5 heteroatoms. The number of carbonyl (C=O) groups is 1. The van der Waals surface area contributed by atoms with Crippen molar-refractivity contribution in [3.8, 4) is 0 Å². The highest BCUT2D eigenvalue weighted by Crippen LogP contribution is 2.34. The van der Waals surface area contributed by atoms with Gasteiger partial charge < -0.3 is 0 Å². The summed E-state index contributed by atoms with van der Waals surface area (Å²) in [5, 5.41) is 11.7. The van der Waals surface area contributed by atoms with Crippen LogP contribution in [0.2, 0.25) is 0 Å². The molecule has 1 saturated carbocycles. The SMILES string of the molecule is O=C(CCc1nnnn1C1CC1)c1ccccc1. The largest absolute Gasteiger partial charge is 0.294 e. The van der Waals surface area contributed by atoms with Crippen molar-refractivity contribution in [3.63, 3.8) is 0 Å². The molecule has 1 aliphatic rings. The fraction of sp³-hybridized carbons (Fsp3) is 0.385. The molecule has 0 saturated heterocycles. The van der Waals surface area contributed by atoms with Crippen molar-refractivity contribution < 1.29 is 4.79 Å². The van der Waals surface area contributed by atoms with Gasteiger partial charge in [0.25, 0.3) is 0 Å². The van der Waals surface area contributed by atoms with Gasteiger partial charge in [0.05, 0.1) is 6.04 Å². The van der Waals surface area contributed by atoms with Crippen LogP contribution in [0.15, 0.2) is 30.3 Å². The van der Waals surface area contributed by atoms with Crippen molar-refractivity contribution >= 4 is 5.78 Å². The first-order valence-corrected chi connectivity index (χ1v) is 6.19. The number of hydrogen-bond donors (Lipinski definition) is 0. The van der Waals surface area contributed by atoms with E-state index in [0.29, 0.717) is 18.9 Å². The fourth-order valence-corrected chi connectivity index (χ4v) is 1.97. The third-order valence-electron chi connectivity index (χ3n) is 3.13. The van der Waals surface area contributed by atoms with Crippen molar-refractivity contribution in [3.05, 3.63) is 41.7 Å². The van der Waals surface area contributed by atoms with Gasteiger partial charge in [0.2, 0.25) is 0 Å². The van der Waals surface area contributed by atoms with Crippen LogP contribution >= 0.6 is 0 Å². The van der Waals surface area contributed by atoms with E-state index in [9.17, 15) is 4.79 Å². The van der Waals surface area contributed by atoms with Crippen molar-refractivity contribution in [2.24, 2.45) is 0 Å². The Morgan fingerprint density at radius 1 is 1.28 bits per heavy atom. The van der Waals surface area contributed by atoms with E-state index in [0.717, 1.165) is 24.2 Å². The number of aromatic nitrogens is 4. The molecule has 1 aromatic carbocycles. The van der Waals surface area contributed by atoms with Crippen LogP contribution in [0.3, 0.4) is 0 Å². The minimum atomic E-state index is 0.140. The molecule has 0 unspecified atom stereocenters. The fourth-order valence-electron chi connectivity index (χ4n) is 1.97. The molecule has 0 atom stereocenters. The van der Waals surface area contributed by atoms with Gasteiger partial charge in [-0.25, -0.2) is 4.68 Å². The maximum absolute atomic E-state index is 12.0. The molecule has 92 valence electrons. The summed E-state index contributed by atoms with van der Waals surface area (Å²) in [7, 11) is 0. The Labute approximate surface area is 105 Å². The zero-order valence-electron chi connectivity index (χ0n) is 9.99. The highest BCUT2D eigenvalue weighted by molar-refractivity contribution is 5.96. The minimum Gasteiger partial charge on any atom is -0.294 e. The van der Waals surface area contributed by atoms with Crippen molar-refractivity contribution in [2.45, 2.75) is 31.7 Å². The maximum atomic E-state index is 12.0. The number of carbonyl (C=O) groups excluding carboxylic acids is 1. The number of Topliss-reactive ketones (excluding diaryl/α,β-unsaturated/α-hetero) is 1. The monoisotopic (exact) mass is 242 g/mol. The van der Waals surface area contributed by atoms with E-state index in [2.05, 4.69) is 15.5 Å². The lowest BCUT2D eigenvalue weighted by Crippen LogP contribution is -2.07. The van der Waals surface area contributed by atoms with E-state index < -0.39 is 0 Å². The molecule has 0 aliphatic heterocycles. The van der Waals surface area contributed by atoms with Gasteiger partial charge in [0.15, 0.2) is 11.6 Å². The Hall–Kier alpha value is -2.04.